The van der Waals surface area contributed by atoms with Gasteiger partial charge in [-0.15, -0.1) is 13.2 Å². The van der Waals surface area contributed by atoms with Gasteiger partial charge in [0.15, 0.2) is 0 Å². The van der Waals surface area contributed by atoms with E-state index in [2.05, 4.69) is 13.2 Å². The van der Waals surface area contributed by atoms with E-state index in [4.69, 9.17) is 5.11 Å². The lowest BCUT2D eigenvalue weighted by molar-refractivity contribution is -0.144. The highest BCUT2D eigenvalue weighted by Gasteiger charge is 2.28. The van der Waals surface area contributed by atoms with E-state index in [0.717, 1.165) is 18.4 Å². The number of aliphatic carboxylic acids is 1. The molecule has 0 saturated heterocycles. The lowest BCUT2D eigenvalue weighted by Gasteiger charge is -2.24. The van der Waals surface area contributed by atoms with Crippen molar-refractivity contribution >= 4 is 5.97 Å². The number of hydrogen-bond donors (Lipinski definition) is 1. The van der Waals surface area contributed by atoms with Gasteiger partial charge in [0.25, 0.3) is 0 Å². The third-order valence-electron chi connectivity index (χ3n) is 2.67. The molecule has 0 rings (SSSR count). The maximum atomic E-state index is 11.1. The van der Waals surface area contributed by atoms with Crippen molar-refractivity contribution in [1.29, 1.82) is 0 Å². The second-order valence-corrected chi connectivity index (χ2v) is 4.50. The minimum Gasteiger partial charge on any atom is -0.481 e. The van der Waals surface area contributed by atoms with Gasteiger partial charge >= 0.3 is 5.97 Å². The minimum absolute atomic E-state index is 0.0409. The van der Waals surface area contributed by atoms with Crippen molar-refractivity contribution in [2.24, 2.45) is 17.8 Å². The highest BCUT2D eigenvalue weighted by molar-refractivity contribution is 5.71. The Morgan fingerprint density at radius 2 is 2.00 bits per heavy atom. The molecule has 0 aromatic carbocycles. The number of carbonyl (C=O) groups is 1. The van der Waals surface area contributed by atoms with Gasteiger partial charge in [-0.25, -0.2) is 0 Å². The minimum atomic E-state index is -0.725. The van der Waals surface area contributed by atoms with Crippen LogP contribution in [0.4, 0.5) is 0 Å². The smallest absolute Gasteiger partial charge is 0.307 e. The van der Waals surface area contributed by atoms with Crippen molar-refractivity contribution in [2.75, 3.05) is 0 Å². The van der Waals surface area contributed by atoms with E-state index in [1.807, 2.05) is 20.8 Å². The standard InChI is InChI=1S/C13H22O2/c1-6-11(8-7-9(2)3)12(10(4)5)13(14)15/h6,10-12H,1-2,7-8H2,3-5H3,(H,14,15)/t11-,12+/m0/s1. The Morgan fingerprint density at radius 3 is 2.27 bits per heavy atom. The summed E-state index contributed by atoms with van der Waals surface area (Å²) in [5.74, 6) is -0.881. The molecule has 0 radical (unpaired) electrons. The highest BCUT2D eigenvalue weighted by Crippen LogP contribution is 2.27. The number of carboxylic acid groups (broad SMARTS) is 1. The van der Waals surface area contributed by atoms with Gasteiger partial charge in [0, 0.05) is 0 Å². The van der Waals surface area contributed by atoms with Crippen LogP contribution in [0.25, 0.3) is 0 Å². The third-order valence-corrected chi connectivity index (χ3v) is 2.67. The second kappa shape index (κ2) is 6.44. The average Bonchev–Trinajstić information content (AvgIpc) is 2.09. The summed E-state index contributed by atoms with van der Waals surface area (Å²) in [6, 6.07) is 0. The molecule has 0 saturated carbocycles. The molecule has 0 aromatic heterocycles. The number of rotatable bonds is 7. The van der Waals surface area contributed by atoms with Gasteiger partial charge in [-0.3, -0.25) is 4.79 Å². The van der Waals surface area contributed by atoms with Gasteiger partial charge in [-0.2, -0.15) is 0 Å². The Hall–Kier alpha value is -1.05. The number of allylic oxidation sites excluding steroid dienone is 2. The van der Waals surface area contributed by atoms with Gasteiger partial charge in [-0.1, -0.05) is 25.5 Å². The molecule has 0 heterocycles. The normalized spacial score (nSPS) is 14.7. The van der Waals surface area contributed by atoms with Crippen LogP contribution >= 0.6 is 0 Å². The van der Waals surface area contributed by atoms with Crippen LogP contribution < -0.4 is 0 Å². The summed E-state index contributed by atoms with van der Waals surface area (Å²) >= 11 is 0. The molecule has 0 aliphatic carbocycles. The van der Waals surface area contributed by atoms with Gasteiger partial charge in [-0.05, 0) is 31.6 Å². The molecular formula is C13H22O2. The van der Waals surface area contributed by atoms with Gasteiger partial charge in [0.2, 0.25) is 0 Å². The Morgan fingerprint density at radius 1 is 1.47 bits per heavy atom. The molecule has 15 heavy (non-hydrogen) atoms. The summed E-state index contributed by atoms with van der Waals surface area (Å²) in [6.45, 7) is 13.4. The Bertz CT molecular complexity index is 241. The van der Waals surface area contributed by atoms with Crippen molar-refractivity contribution < 1.29 is 9.90 Å². The SMILES string of the molecule is C=C[C@@H](CCC(=C)C)[C@H](C(=O)O)C(C)C. The van der Waals surface area contributed by atoms with Crippen LogP contribution in [0.15, 0.2) is 24.8 Å². The zero-order valence-corrected chi connectivity index (χ0v) is 9.99. The summed E-state index contributed by atoms with van der Waals surface area (Å²) in [5, 5.41) is 9.14. The first-order valence-electron chi connectivity index (χ1n) is 5.39. The topological polar surface area (TPSA) is 37.3 Å². The lowest BCUT2D eigenvalue weighted by atomic mass is 9.80. The summed E-state index contributed by atoms with van der Waals surface area (Å²) in [6.07, 6.45) is 3.46. The lowest BCUT2D eigenvalue weighted by Crippen LogP contribution is -2.27. The molecule has 0 aliphatic heterocycles. The maximum absolute atomic E-state index is 11.1. The molecule has 0 amide bonds. The summed E-state index contributed by atoms with van der Waals surface area (Å²) < 4.78 is 0. The highest BCUT2D eigenvalue weighted by atomic mass is 16.4. The van der Waals surface area contributed by atoms with E-state index < -0.39 is 5.97 Å². The predicted octanol–water partition coefficient (Wildman–Crippen LogP) is 3.50. The Balaban J connectivity index is 4.52. The van der Waals surface area contributed by atoms with Crippen LogP contribution in [0.5, 0.6) is 0 Å². The van der Waals surface area contributed by atoms with E-state index in [-0.39, 0.29) is 17.8 Å². The van der Waals surface area contributed by atoms with Crippen LogP contribution in [-0.2, 0) is 4.79 Å². The van der Waals surface area contributed by atoms with Crippen LogP contribution in [0, 0.1) is 17.8 Å². The molecule has 86 valence electrons. The number of carboxylic acids is 1. The quantitative estimate of drug-likeness (QED) is 0.653. The molecule has 1 N–H and O–H groups in total. The first-order chi connectivity index (χ1) is 6.90. The fraction of sp³-hybridized carbons (Fsp3) is 0.615. The van der Waals surface area contributed by atoms with Gasteiger partial charge < -0.3 is 5.11 Å². The van der Waals surface area contributed by atoms with Gasteiger partial charge in [0.1, 0.15) is 0 Å². The Labute approximate surface area is 92.7 Å². The van der Waals surface area contributed by atoms with Crippen molar-refractivity contribution in [1.82, 2.24) is 0 Å². The first kappa shape index (κ1) is 13.9. The predicted molar refractivity (Wildman–Crippen MR) is 63.7 cm³/mol. The summed E-state index contributed by atoms with van der Waals surface area (Å²) in [5.41, 5.74) is 1.09. The molecule has 0 bridgehead atoms. The van der Waals surface area contributed by atoms with E-state index in [1.54, 1.807) is 6.08 Å². The largest absolute Gasteiger partial charge is 0.481 e. The molecule has 0 unspecified atom stereocenters. The number of hydrogen-bond acceptors (Lipinski definition) is 1. The van der Waals surface area contributed by atoms with Crippen molar-refractivity contribution in [3.8, 4) is 0 Å². The zero-order chi connectivity index (χ0) is 12.0. The molecular weight excluding hydrogens is 188 g/mol. The van der Waals surface area contributed by atoms with Crippen molar-refractivity contribution in [2.45, 2.75) is 33.6 Å². The van der Waals surface area contributed by atoms with Crippen LogP contribution in [0.2, 0.25) is 0 Å². The molecule has 0 aliphatic rings. The zero-order valence-electron chi connectivity index (χ0n) is 9.99. The van der Waals surface area contributed by atoms with Crippen LogP contribution in [-0.4, -0.2) is 11.1 Å². The van der Waals surface area contributed by atoms with E-state index in [0.29, 0.717) is 0 Å². The maximum Gasteiger partial charge on any atom is 0.307 e. The first-order valence-corrected chi connectivity index (χ1v) is 5.39. The van der Waals surface area contributed by atoms with E-state index >= 15 is 0 Å². The second-order valence-electron chi connectivity index (χ2n) is 4.50. The Kier molecular flexibility index (Phi) is 5.99. The fourth-order valence-corrected chi connectivity index (χ4v) is 1.82. The summed E-state index contributed by atoms with van der Waals surface area (Å²) in [7, 11) is 0. The van der Waals surface area contributed by atoms with Crippen LogP contribution in [0.3, 0.4) is 0 Å². The van der Waals surface area contributed by atoms with Crippen LogP contribution in [0.1, 0.15) is 33.6 Å². The molecule has 0 aromatic rings. The molecule has 2 nitrogen and oxygen atoms in total. The monoisotopic (exact) mass is 210 g/mol. The molecule has 0 fully saturated rings. The van der Waals surface area contributed by atoms with E-state index in [9.17, 15) is 4.79 Å². The molecule has 2 atom stereocenters. The summed E-state index contributed by atoms with van der Waals surface area (Å²) in [4.78, 5) is 11.1. The molecule has 2 heteroatoms. The van der Waals surface area contributed by atoms with Crippen molar-refractivity contribution in [3.63, 3.8) is 0 Å². The fourth-order valence-electron chi connectivity index (χ4n) is 1.82. The third kappa shape index (κ3) is 4.82. The van der Waals surface area contributed by atoms with E-state index in [1.165, 1.54) is 0 Å². The average molecular weight is 210 g/mol. The van der Waals surface area contributed by atoms with Crippen molar-refractivity contribution in [3.05, 3.63) is 24.8 Å². The van der Waals surface area contributed by atoms with Gasteiger partial charge in [0.05, 0.1) is 5.92 Å². The molecule has 0 spiro atoms.